The van der Waals surface area contributed by atoms with E-state index >= 15 is 0 Å². The highest BCUT2D eigenvalue weighted by Gasteiger charge is 2.22. The fourth-order valence-electron chi connectivity index (χ4n) is 9.46. The highest BCUT2D eigenvalue weighted by atomic mass is 15.1. The van der Waals surface area contributed by atoms with Crippen molar-refractivity contribution in [3.8, 4) is 22.3 Å². The molecule has 2 nitrogen and oxygen atoms in total. The molecule has 306 valence electrons. The summed E-state index contributed by atoms with van der Waals surface area (Å²) >= 11 is 0. The van der Waals surface area contributed by atoms with Gasteiger partial charge in [0.05, 0.1) is 0 Å². The van der Waals surface area contributed by atoms with Crippen LogP contribution < -0.4 is 9.80 Å². The van der Waals surface area contributed by atoms with Gasteiger partial charge in [-0.05, 0) is 178 Å². The van der Waals surface area contributed by atoms with Crippen LogP contribution in [0.3, 0.4) is 0 Å². The van der Waals surface area contributed by atoms with Gasteiger partial charge in [0.25, 0.3) is 0 Å². The number of hydrogen-bond donors (Lipinski definition) is 0. The summed E-state index contributed by atoms with van der Waals surface area (Å²) in [5.41, 5.74) is 16.4. The van der Waals surface area contributed by atoms with Crippen molar-refractivity contribution in [2.45, 2.75) is 27.7 Å². The van der Waals surface area contributed by atoms with E-state index in [4.69, 9.17) is 0 Å². The zero-order chi connectivity index (χ0) is 43.3. The summed E-state index contributed by atoms with van der Waals surface area (Å²) in [6.07, 6.45) is 0. The maximum absolute atomic E-state index is 2.43. The monoisotopic (exact) mass is 820 g/mol. The first kappa shape index (κ1) is 38.9. The van der Waals surface area contributed by atoms with Crippen molar-refractivity contribution in [3.05, 3.63) is 241 Å². The van der Waals surface area contributed by atoms with Crippen LogP contribution in [-0.2, 0) is 0 Å². The molecule has 0 aliphatic heterocycles. The number of rotatable bonds is 8. The summed E-state index contributed by atoms with van der Waals surface area (Å²) in [6.45, 7) is 8.60. The van der Waals surface area contributed by atoms with E-state index in [2.05, 4.69) is 256 Å². The van der Waals surface area contributed by atoms with Crippen LogP contribution in [0.15, 0.2) is 218 Å². The third-order valence-corrected chi connectivity index (χ3v) is 12.8. The van der Waals surface area contributed by atoms with Gasteiger partial charge in [0.2, 0.25) is 0 Å². The molecule has 0 atom stereocenters. The van der Waals surface area contributed by atoms with Gasteiger partial charge in [-0.3, -0.25) is 0 Å². The Balaban J connectivity index is 1.26. The van der Waals surface area contributed by atoms with E-state index in [9.17, 15) is 0 Å². The summed E-state index contributed by atoms with van der Waals surface area (Å²) in [7, 11) is 0. The highest BCUT2D eigenvalue weighted by molar-refractivity contribution is 6.23. The summed E-state index contributed by atoms with van der Waals surface area (Å²) in [6, 6.07) is 81.1. The quantitative estimate of drug-likeness (QED) is 0.141. The maximum atomic E-state index is 2.43. The Hall–Kier alpha value is -7.94. The molecule has 0 amide bonds. The van der Waals surface area contributed by atoms with Crippen LogP contribution in [0.5, 0.6) is 0 Å². The largest absolute Gasteiger partial charge is 0.310 e. The predicted octanol–water partition coefficient (Wildman–Crippen LogP) is 17.8. The van der Waals surface area contributed by atoms with E-state index in [1.54, 1.807) is 0 Å². The molecule has 11 rings (SSSR count). The van der Waals surface area contributed by atoms with Crippen LogP contribution in [-0.4, -0.2) is 0 Å². The standard InChI is InChI=1S/C62H48N2/c1-41-13-25-51(26-14-41)63(52-27-15-42(2)16-28-52)55-33-35-57-59(39-55)61(49-23-21-45-9-5-7-11-47(45)37-49)58-36-34-56(40-60(58)62(57)50-24-22-46-10-6-8-12-48(46)38-50)64(53-29-17-43(3)18-30-53)54-31-19-44(4)20-32-54/h5-40H,1-4H3. The third-order valence-electron chi connectivity index (χ3n) is 12.8. The molecule has 11 aromatic rings. The zero-order valence-corrected chi connectivity index (χ0v) is 36.7. The van der Waals surface area contributed by atoms with Crippen LogP contribution in [0.4, 0.5) is 34.1 Å². The first-order chi connectivity index (χ1) is 31.3. The highest BCUT2D eigenvalue weighted by Crippen LogP contribution is 2.49. The molecule has 0 heterocycles. The van der Waals surface area contributed by atoms with E-state index in [1.165, 1.54) is 87.6 Å². The van der Waals surface area contributed by atoms with E-state index in [0.717, 1.165) is 34.1 Å². The number of anilines is 6. The van der Waals surface area contributed by atoms with Crippen molar-refractivity contribution in [3.63, 3.8) is 0 Å². The maximum Gasteiger partial charge on any atom is 0.0468 e. The molecule has 0 aliphatic rings. The summed E-state index contributed by atoms with van der Waals surface area (Å²) in [4.78, 5) is 4.79. The number of aryl methyl sites for hydroxylation is 4. The van der Waals surface area contributed by atoms with Crippen LogP contribution in [0.1, 0.15) is 22.3 Å². The lowest BCUT2D eigenvalue weighted by atomic mass is 9.84. The second-order valence-corrected chi connectivity index (χ2v) is 17.3. The molecule has 0 N–H and O–H groups in total. The van der Waals surface area contributed by atoms with E-state index < -0.39 is 0 Å². The fourth-order valence-corrected chi connectivity index (χ4v) is 9.46. The minimum absolute atomic E-state index is 1.10. The number of nitrogens with zero attached hydrogens (tertiary/aromatic N) is 2. The molecule has 0 saturated heterocycles. The van der Waals surface area contributed by atoms with Crippen molar-refractivity contribution in [1.29, 1.82) is 0 Å². The Morgan fingerprint density at radius 3 is 0.859 bits per heavy atom. The Bertz CT molecular complexity index is 3180. The van der Waals surface area contributed by atoms with Crippen LogP contribution in [0.2, 0.25) is 0 Å². The van der Waals surface area contributed by atoms with Crippen molar-refractivity contribution in [2.24, 2.45) is 0 Å². The Kier molecular flexibility index (Phi) is 9.78. The minimum atomic E-state index is 1.10. The van der Waals surface area contributed by atoms with Crippen molar-refractivity contribution in [1.82, 2.24) is 0 Å². The average Bonchev–Trinajstić information content (AvgIpc) is 3.33. The molecule has 0 fully saturated rings. The Labute approximate surface area is 375 Å². The number of benzene rings is 11. The number of fused-ring (bicyclic) bond motifs is 4. The van der Waals surface area contributed by atoms with Gasteiger partial charge in [-0.1, -0.05) is 156 Å². The molecule has 64 heavy (non-hydrogen) atoms. The number of hydrogen-bond acceptors (Lipinski definition) is 2. The molecular weight excluding hydrogens is 773 g/mol. The van der Waals surface area contributed by atoms with E-state index in [-0.39, 0.29) is 0 Å². The zero-order valence-electron chi connectivity index (χ0n) is 36.7. The molecule has 11 aromatic carbocycles. The Morgan fingerprint density at radius 1 is 0.234 bits per heavy atom. The molecule has 0 spiro atoms. The van der Waals surface area contributed by atoms with Gasteiger partial charge in [-0.15, -0.1) is 0 Å². The molecular formula is C62H48N2. The molecule has 0 unspecified atom stereocenters. The van der Waals surface area contributed by atoms with Gasteiger partial charge in [-0.25, -0.2) is 0 Å². The lowest BCUT2D eigenvalue weighted by Gasteiger charge is -2.28. The average molecular weight is 821 g/mol. The second-order valence-electron chi connectivity index (χ2n) is 17.3. The lowest BCUT2D eigenvalue weighted by molar-refractivity contribution is 1.27. The van der Waals surface area contributed by atoms with Gasteiger partial charge in [0.15, 0.2) is 0 Å². The molecule has 0 radical (unpaired) electrons. The van der Waals surface area contributed by atoms with Crippen LogP contribution in [0.25, 0.3) is 65.3 Å². The Morgan fingerprint density at radius 2 is 0.531 bits per heavy atom. The van der Waals surface area contributed by atoms with Gasteiger partial charge in [0.1, 0.15) is 0 Å². The normalized spacial score (nSPS) is 11.4. The van der Waals surface area contributed by atoms with Crippen molar-refractivity contribution < 1.29 is 0 Å². The van der Waals surface area contributed by atoms with Crippen LogP contribution in [0, 0.1) is 27.7 Å². The molecule has 0 bridgehead atoms. The summed E-state index contributed by atoms with van der Waals surface area (Å²) < 4.78 is 0. The van der Waals surface area contributed by atoms with Crippen LogP contribution >= 0.6 is 0 Å². The summed E-state index contributed by atoms with van der Waals surface area (Å²) in [5.74, 6) is 0. The van der Waals surface area contributed by atoms with E-state index in [1.807, 2.05) is 0 Å². The lowest BCUT2D eigenvalue weighted by Crippen LogP contribution is -2.10. The first-order valence-electron chi connectivity index (χ1n) is 22.2. The smallest absolute Gasteiger partial charge is 0.0468 e. The second kappa shape index (κ2) is 16.1. The molecule has 0 saturated carbocycles. The minimum Gasteiger partial charge on any atom is -0.310 e. The third kappa shape index (κ3) is 7.13. The van der Waals surface area contributed by atoms with Gasteiger partial charge >= 0.3 is 0 Å². The SMILES string of the molecule is Cc1ccc(N(c2ccc(C)cc2)c2ccc3c(-c4ccc5ccccc5c4)c4cc(N(c5ccc(C)cc5)c5ccc(C)cc5)ccc4c(-c4ccc5ccccc5c4)c3c2)cc1. The predicted molar refractivity (Wildman–Crippen MR) is 276 cm³/mol. The first-order valence-corrected chi connectivity index (χ1v) is 22.2. The van der Waals surface area contributed by atoms with Crippen molar-refractivity contribution >= 4 is 77.2 Å². The molecule has 2 heteroatoms. The fraction of sp³-hybridized carbons (Fsp3) is 0.0645. The summed E-state index contributed by atoms with van der Waals surface area (Å²) in [5, 5.41) is 9.72. The van der Waals surface area contributed by atoms with Gasteiger partial charge < -0.3 is 9.80 Å². The topological polar surface area (TPSA) is 6.48 Å². The molecule has 0 aliphatic carbocycles. The molecule has 0 aromatic heterocycles. The van der Waals surface area contributed by atoms with E-state index in [0.29, 0.717) is 0 Å². The van der Waals surface area contributed by atoms with Gasteiger partial charge in [-0.2, -0.15) is 0 Å². The van der Waals surface area contributed by atoms with Crippen molar-refractivity contribution in [2.75, 3.05) is 9.80 Å². The van der Waals surface area contributed by atoms with Gasteiger partial charge in [0, 0.05) is 34.1 Å².